The van der Waals surface area contributed by atoms with Crippen LogP contribution in [0.2, 0.25) is 15.1 Å². The van der Waals surface area contributed by atoms with Crippen molar-refractivity contribution < 1.29 is 19.1 Å². The van der Waals surface area contributed by atoms with E-state index < -0.39 is 11.9 Å². The average molecular weight is 335 g/mol. The molecule has 1 aromatic heterocycles. The van der Waals surface area contributed by atoms with Gasteiger partial charge in [-0.15, -0.1) is 0 Å². The first kappa shape index (κ1) is 14.7. The largest absolute Gasteiger partial charge is 0.478 e. The Hall–Kier alpha value is -1.69. The summed E-state index contributed by atoms with van der Waals surface area (Å²) in [6, 6.07) is 3.92. The average Bonchev–Trinajstić information content (AvgIpc) is 2.83. The van der Waals surface area contributed by atoms with Crippen molar-refractivity contribution in [3.8, 4) is 0 Å². The lowest BCUT2D eigenvalue weighted by molar-refractivity contribution is 0.0696. The van der Waals surface area contributed by atoms with Crippen LogP contribution in [0.3, 0.4) is 0 Å². The van der Waals surface area contributed by atoms with E-state index in [0.29, 0.717) is 5.02 Å². The SMILES string of the molecule is O=C(O)c1coc(C(=O)Nc2c(Cl)cc(Cl)cc2Cl)c1. The molecule has 0 radical (unpaired) electrons. The second-order valence-electron chi connectivity index (χ2n) is 3.70. The van der Waals surface area contributed by atoms with Crippen LogP contribution in [-0.2, 0) is 0 Å². The van der Waals surface area contributed by atoms with E-state index in [1.165, 1.54) is 12.1 Å². The summed E-state index contributed by atoms with van der Waals surface area (Å²) in [7, 11) is 0. The zero-order chi connectivity index (χ0) is 14.9. The van der Waals surface area contributed by atoms with Crippen LogP contribution in [0.4, 0.5) is 5.69 Å². The normalized spacial score (nSPS) is 10.3. The molecule has 0 spiro atoms. The molecule has 0 atom stereocenters. The van der Waals surface area contributed by atoms with Crippen LogP contribution in [0, 0.1) is 0 Å². The molecule has 2 rings (SSSR count). The minimum atomic E-state index is -1.20. The lowest BCUT2D eigenvalue weighted by Crippen LogP contribution is -2.11. The summed E-state index contributed by atoms with van der Waals surface area (Å²) in [6.45, 7) is 0. The fourth-order valence-corrected chi connectivity index (χ4v) is 2.32. The molecule has 104 valence electrons. The molecule has 0 unspecified atom stereocenters. The Morgan fingerprint density at radius 3 is 2.20 bits per heavy atom. The summed E-state index contributed by atoms with van der Waals surface area (Å²) >= 11 is 17.6. The smallest absolute Gasteiger partial charge is 0.338 e. The Morgan fingerprint density at radius 2 is 1.70 bits per heavy atom. The van der Waals surface area contributed by atoms with Gasteiger partial charge in [0.15, 0.2) is 5.76 Å². The molecule has 2 aromatic rings. The Kier molecular flexibility index (Phi) is 4.23. The predicted octanol–water partition coefficient (Wildman–Crippen LogP) is 4.19. The number of carbonyl (C=O) groups is 2. The molecule has 0 saturated carbocycles. The highest BCUT2D eigenvalue weighted by Gasteiger charge is 2.17. The van der Waals surface area contributed by atoms with Crippen LogP contribution >= 0.6 is 34.8 Å². The summed E-state index contributed by atoms with van der Waals surface area (Å²) in [6.07, 6.45) is 0.961. The lowest BCUT2D eigenvalue weighted by Gasteiger charge is -2.08. The van der Waals surface area contributed by atoms with Crippen molar-refractivity contribution in [3.63, 3.8) is 0 Å². The molecule has 20 heavy (non-hydrogen) atoms. The highest BCUT2D eigenvalue weighted by Crippen LogP contribution is 2.34. The van der Waals surface area contributed by atoms with E-state index in [4.69, 9.17) is 44.3 Å². The number of carboxylic acid groups (broad SMARTS) is 1. The number of anilines is 1. The van der Waals surface area contributed by atoms with Crippen molar-refractivity contribution in [2.24, 2.45) is 0 Å². The number of benzene rings is 1. The van der Waals surface area contributed by atoms with Crippen LogP contribution in [0.1, 0.15) is 20.9 Å². The Balaban J connectivity index is 2.25. The molecule has 0 aliphatic rings. The third-order valence-electron chi connectivity index (χ3n) is 2.32. The summed E-state index contributed by atoms with van der Waals surface area (Å²) in [4.78, 5) is 22.6. The van der Waals surface area contributed by atoms with Crippen molar-refractivity contribution in [2.75, 3.05) is 5.32 Å². The van der Waals surface area contributed by atoms with Gasteiger partial charge in [0.25, 0.3) is 5.91 Å². The first-order valence-corrected chi connectivity index (χ1v) is 6.29. The number of carboxylic acids is 1. The molecule has 0 aliphatic heterocycles. The topological polar surface area (TPSA) is 79.5 Å². The first-order chi connectivity index (χ1) is 9.38. The van der Waals surface area contributed by atoms with Gasteiger partial charge in [-0.1, -0.05) is 34.8 Å². The second kappa shape index (κ2) is 5.75. The van der Waals surface area contributed by atoms with Gasteiger partial charge in [-0.25, -0.2) is 4.79 Å². The van der Waals surface area contributed by atoms with E-state index in [1.54, 1.807) is 0 Å². The van der Waals surface area contributed by atoms with Crippen LogP contribution in [-0.4, -0.2) is 17.0 Å². The fourth-order valence-electron chi connectivity index (χ4n) is 1.40. The van der Waals surface area contributed by atoms with Gasteiger partial charge in [-0.3, -0.25) is 4.79 Å². The maximum Gasteiger partial charge on any atom is 0.338 e. The zero-order valence-electron chi connectivity index (χ0n) is 9.62. The van der Waals surface area contributed by atoms with Gasteiger partial charge in [0, 0.05) is 11.1 Å². The van der Waals surface area contributed by atoms with E-state index in [-0.39, 0.29) is 27.1 Å². The van der Waals surface area contributed by atoms with Crippen molar-refractivity contribution in [1.29, 1.82) is 0 Å². The first-order valence-electron chi connectivity index (χ1n) is 5.16. The quantitative estimate of drug-likeness (QED) is 0.882. The summed E-state index contributed by atoms with van der Waals surface area (Å²) in [5, 5.41) is 11.8. The fraction of sp³-hybridized carbons (Fsp3) is 0. The summed E-state index contributed by atoms with van der Waals surface area (Å²) in [5.41, 5.74) is 0.0273. The third kappa shape index (κ3) is 3.07. The van der Waals surface area contributed by atoms with Gasteiger partial charge in [0.1, 0.15) is 6.26 Å². The lowest BCUT2D eigenvalue weighted by atomic mass is 10.3. The van der Waals surface area contributed by atoms with Crippen molar-refractivity contribution in [3.05, 3.63) is 50.9 Å². The Labute approximate surface area is 128 Å². The van der Waals surface area contributed by atoms with Crippen LogP contribution in [0.5, 0.6) is 0 Å². The molecule has 0 aliphatic carbocycles. The van der Waals surface area contributed by atoms with E-state index >= 15 is 0 Å². The number of hydrogen-bond donors (Lipinski definition) is 2. The molecule has 8 heteroatoms. The number of furan rings is 1. The molecular weight excluding hydrogens is 328 g/mol. The van der Waals surface area contributed by atoms with Gasteiger partial charge in [-0.2, -0.15) is 0 Å². The van der Waals surface area contributed by atoms with Crippen LogP contribution < -0.4 is 5.32 Å². The Morgan fingerprint density at radius 1 is 1.10 bits per heavy atom. The minimum Gasteiger partial charge on any atom is -0.478 e. The van der Waals surface area contributed by atoms with E-state index in [2.05, 4.69) is 5.32 Å². The van der Waals surface area contributed by atoms with Crippen molar-refractivity contribution in [1.82, 2.24) is 0 Å². The van der Waals surface area contributed by atoms with Crippen molar-refractivity contribution in [2.45, 2.75) is 0 Å². The number of amides is 1. The summed E-state index contributed by atoms with van der Waals surface area (Å²) < 4.78 is 4.86. The highest BCUT2D eigenvalue weighted by atomic mass is 35.5. The molecule has 1 aromatic carbocycles. The molecule has 0 bridgehead atoms. The molecule has 5 nitrogen and oxygen atoms in total. The van der Waals surface area contributed by atoms with Gasteiger partial charge >= 0.3 is 5.97 Å². The summed E-state index contributed by atoms with van der Waals surface area (Å²) in [5.74, 6) is -2.05. The minimum absolute atomic E-state index is 0.136. The van der Waals surface area contributed by atoms with Gasteiger partial charge in [0.2, 0.25) is 0 Å². The number of nitrogens with one attached hydrogen (secondary N) is 1. The number of rotatable bonds is 3. The number of carbonyl (C=O) groups excluding carboxylic acids is 1. The number of hydrogen-bond acceptors (Lipinski definition) is 3. The van der Waals surface area contributed by atoms with Gasteiger partial charge in [0.05, 0.1) is 21.3 Å². The number of halogens is 3. The van der Waals surface area contributed by atoms with Gasteiger partial charge in [-0.05, 0) is 12.1 Å². The molecule has 0 fully saturated rings. The van der Waals surface area contributed by atoms with Crippen LogP contribution in [0.25, 0.3) is 0 Å². The zero-order valence-corrected chi connectivity index (χ0v) is 11.9. The van der Waals surface area contributed by atoms with Crippen LogP contribution in [0.15, 0.2) is 28.9 Å². The highest BCUT2D eigenvalue weighted by molar-refractivity contribution is 6.42. The Bertz CT molecular complexity index is 673. The third-order valence-corrected chi connectivity index (χ3v) is 3.13. The molecule has 0 saturated heterocycles. The molecular formula is C12H6Cl3NO4. The van der Waals surface area contributed by atoms with E-state index in [0.717, 1.165) is 12.3 Å². The monoisotopic (exact) mass is 333 g/mol. The maximum absolute atomic E-state index is 11.9. The maximum atomic E-state index is 11.9. The van der Waals surface area contributed by atoms with E-state index in [1.807, 2.05) is 0 Å². The van der Waals surface area contributed by atoms with Crippen molar-refractivity contribution >= 4 is 52.4 Å². The molecule has 1 amide bonds. The van der Waals surface area contributed by atoms with E-state index in [9.17, 15) is 9.59 Å². The number of aromatic carboxylic acids is 1. The molecule has 2 N–H and O–H groups in total. The standard InChI is InChI=1S/C12H6Cl3NO4/c13-6-2-7(14)10(8(15)3-6)16-11(17)9-1-5(4-20-9)12(18)19/h1-4H,(H,16,17)(H,18,19). The predicted molar refractivity (Wildman–Crippen MR) is 75.1 cm³/mol. The molecule has 1 heterocycles. The second-order valence-corrected chi connectivity index (χ2v) is 4.95. The van der Waals surface area contributed by atoms with Gasteiger partial charge < -0.3 is 14.8 Å².